The molecule has 2 aromatic rings. The second-order valence-corrected chi connectivity index (χ2v) is 4.69. The third-order valence-electron chi connectivity index (χ3n) is 2.51. The molecule has 2 aromatic carbocycles. The number of carbonyl (C=O) groups is 1. The Kier molecular flexibility index (Phi) is 4.97. The maximum atomic E-state index is 13.4. The molecule has 0 aliphatic carbocycles. The molecule has 2 rings (SSSR count). The maximum Gasteiger partial charge on any atom is 0.269 e. The normalized spacial score (nSPS) is 10.1. The number of hydrazine groups is 1. The van der Waals surface area contributed by atoms with Gasteiger partial charge in [-0.15, -0.1) is 0 Å². The molecule has 20 heavy (non-hydrogen) atoms. The Morgan fingerprint density at radius 3 is 2.50 bits per heavy atom. The monoisotopic (exact) mass is 292 g/mol. The lowest BCUT2D eigenvalue weighted by atomic mass is 10.2. The summed E-state index contributed by atoms with van der Waals surface area (Å²) in [7, 11) is 1.59. The van der Waals surface area contributed by atoms with Crippen molar-refractivity contribution in [3.05, 3.63) is 59.9 Å². The topological polar surface area (TPSA) is 50.4 Å². The fourth-order valence-electron chi connectivity index (χ4n) is 1.49. The van der Waals surface area contributed by atoms with Crippen molar-refractivity contribution in [1.29, 1.82) is 0 Å². The second kappa shape index (κ2) is 6.93. The average molecular weight is 292 g/mol. The van der Waals surface area contributed by atoms with Crippen LogP contribution >= 0.6 is 11.9 Å². The smallest absolute Gasteiger partial charge is 0.269 e. The molecule has 0 aliphatic heterocycles. The fraction of sp³-hybridized carbons (Fsp3) is 0.0714. The van der Waals surface area contributed by atoms with E-state index in [0.717, 1.165) is 10.6 Å². The number of nitrogens with one attached hydrogen (secondary N) is 2. The van der Waals surface area contributed by atoms with Gasteiger partial charge >= 0.3 is 0 Å². The lowest BCUT2D eigenvalue weighted by Crippen LogP contribution is -2.33. The molecule has 0 aromatic heterocycles. The minimum atomic E-state index is -0.554. The van der Waals surface area contributed by atoms with Crippen LogP contribution in [0.3, 0.4) is 0 Å². The van der Waals surface area contributed by atoms with Crippen molar-refractivity contribution in [3.63, 3.8) is 0 Å². The molecule has 4 nitrogen and oxygen atoms in total. The van der Waals surface area contributed by atoms with Crippen LogP contribution in [0, 0.1) is 5.82 Å². The minimum absolute atomic E-state index is 0.00432. The summed E-state index contributed by atoms with van der Waals surface area (Å²) in [5.41, 5.74) is 2.42. The van der Waals surface area contributed by atoms with E-state index >= 15 is 0 Å². The zero-order chi connectivity index (χ0) is 14.4. The first-order valence-electron chi connectivity index (χ1n) is 5.81. The van der Waals surface area contributed by atoms with E-state index in [2.05, 4.69) is 10.3 Å². The summed E-state index contributed by atoms with van der Waals surface area (Å²) in [6, 6.07) is 13.1. The number of amides is 1. The van der Waals surface area contributed by atoms with Crippen LogP contribution in [0.1, 0.15) is 10.4 Å². The number of carbonyl (C=O) groups excluding carboxylic acids is 1. The maximum absolute atomic E-state index is 13.4. The van der Waals surface area contributed by atoms with E-state index in [-0.39, 0.29) is 5.56 Å². The van der Waals surface area contributed by atoms with Gasteiger partial charge in [-0.3, -0.25) is 10.2 Å². The number of rotatable bonds is 5. The summed E-state index contributed by atoms with van der Waals surface area (Å²) in [5.74, 6) is -0.324. The van der Waals surface area contributed by atoms with Gasteiger partial charge in [0.25, 0.3) is 5.91 Å². The van der Waals surface area contributed by atoms with Crippen LogP contribution in [0.5, 0.6) is 5.75 Å². The molecule has 1 amide bonds. The molecule has 0 fully saturated rings. The molecule has 2 N–H and O–H groups in total. The molecule has 0 unspecified atom stereocenters. The largest absolute Gasteiger partial charge is 0.497 e. The van der Waals surface area contributed by atoms with Gasteiger partial charge in [0, 0.05) is 4.90 Å². The predicted molar refractivity (Wildman–Crippen MR) is 75.9 cm³/mol. The number of hydrogen-bond acceptors (Lipinski definition) is 4. The molecule has 0 saturated carbocycles. The number of ether oxygens (including phenoxy) is 1. The van der Waals surface area contributed by atoms with E-state index in [1.54, 1.807) is 13.2 Å². The molecule has 104 valence electrons. The van der Waals surface area contributed by atoms with Crippen LogP contribution in [-0.4, -0.2) is 13.0 Å². The Balaban J connectivity index is 1.86. The van der Waals surface area contributed by atoms with Gasteiger partial charge in [-0.25, -0.2) is 4.39 Å². The predicted octanol–water partition coefficient (Wildman–Crippen LogP) is 2.78. The standard InChI is InChI=1S/C14H13FN2O2S/c1-19-10-6-8-11(9-7-10)20-17-16-14(18)12-4-2-3-5-13(12)15/h2-9,17H,1H3,(H,16,18). The number of benzene rings is 2. The van der Waals surface area contributed by atoms with Crippen molar-refractivity contribution in [1.82, 2.24) is 10.3 Å². The molecule has 0 heterocycles. The van der Waals surface area contributed by atoms with Crippen LogP contribution in [0.4, 0.5) is 4.39 Å². The Bertz CT molecular complexity index is 590. The molecule has 0 bridgehead atoms. The lowest BCUT2D eigenvalue weighted by molar-refractivity contribution is 0.0943. The molecule has 0 saturated heterocycles. The first-order valence-corrected chi connectivity index (χ1v) is 6.63. The Hall–Kier alpha value is -2.05. The molecule has 0 radical (unpaired) electrons. The van der Waals surface area contributed by atoms with E-state index in [0.29, 0.717) is 0 Å². The van der Waals surface area contributed by atoms with Gasteiger partial charge in [-0.05, 0) is 48.3 Å². The first kappa shape index (κ1) is 14.4. The summed E-state index contributed by atoms with van der Waals surface area (Å²) in [6.45, 7) is 0. The van der Waals surface area contributed by atoms with Gasteiger partial charge in [0.05, 0.1) is 12.7 Å². The Labute approximate surface area is 120 Å². The van der Waals surface area contributed by atoms with Crippen LogP contribution < -0.4 is 15.0 Å². The van der Waals surface area contributed by atoms with E-state index in [1.807, 2.05) is 24.3 Å². The fourth-order valence-corrected chi connectivity index (χ4v) is 2.02. The molecular weight excluding hydrogens is 279 g/mol. The van der Waals surface area contributed by atoms with Gasteiger partial charge in [0.1, 0.15) is 11.6 Å². The van der Waals surface area contributed by atoms with E-state index in [4.69, 9.17) is 4.74 Å². The third kappa shape index (κ3) is 3.72. The summed E-state index contributed by atoms with van der Waals surface area (Å²) >= 11 is 1.21. The summed E-state index contributed by atoms with van der Waals surface area (Å²) in [5, 5.41) is 0. The van der Waals surface area contributed by atoms with Crippen molar-refractivity contribution in [2.24, 2.45) is 0 Å². The van der Waals surface area contributed by atoms with Crippen molar-refractivity contribution >= 4 is 17.9 Å². The Morgan fingerprint density at radius 2 is 1.85 bits per heavy atom. The van der Waals surface area contributed by atoms with Crippen LogP contribution in [-0.2, 0) is 0 Å². The number of hydrogen-bond donors (Lipinski definition) is 2. The van der Waals surface area contributed by atoms with Gasteiger partial charge in [-0.2, -0.15) is 4.83 Å². The highest BCUT2D eigenvalue weighted by Crippen LogP contribution is 2.18. The van der Waals surface area contributed by atoms with Crippen molar-refractivity contribution in [3.8, 4) is 5.75 Å². The van der Waals surface area contributed by atoms with E-state index in [1.165, 1.54) is 30.1 Å². The quantitative estimate of drug-likeness (QED) is 0.657. The Morgan fingerprint density at radius 1 is 1.15 bits per heavy atom. The summed E-state index contributed by atoms with van der Waals surface area (Å²) < 4.78 is 18.4. The molecule has 0 spiro atoms. The van der Waals surface area contributed by atoms with Gasteiger partial charge in [-0.1, -0.05) is 12.1 Å². The molecule has 6 heteroatoms. The average Bonchev–Trinajstić information content (AvgIpc) is 2.48. The highest BCUT2D eigenvalue weighted by molar-refractivity contribution is 7.97. The van der Waals surface area contributed by atoms with Crippen LogP contribution in [0.25, 0.3) is 0 Å². The van der Waals surface area contributed by atoms with Gasteiger partial charge in [0.15, 0.2) is 0 Å². The first-order chi connectivity index (χ1) is 9.70. The molecular formula is C14H13FN2O2S. The highest BCUT2D eigenvalue weighted by Gasteiger charge is 2.09. The van der Waals surface area contributed by atoms with E-state index in [9.17, 15) is 9.18 Å². The number of halogens is 1. The van der Waals surface area contributed by atoms with Crippen LogP contribution in [0.2, 0.25) is 0 Å². The summed E-state index contributed by atoms with van der Waals surface area (Å²) in [6.07, 6.45) is 0. The highest BCUT2D eigenvalue weighted by atomic mass is 32.2. The second-order valence-electron chi connectivity index (χ2n) is 3.81. The van der Waals surface area contributed by atoms with E-state index < -0.39 is 11.7 Å². The van der Waals surface area contributed by atoms with Crippen molar-refractivity contribution < 1.29 is 13.9 Å². The number of methoxy groups -OCH3 is 1. The molecule has 0 atom stereocenters. The molecule has 0 aliphatic rings. The third-order valence-corrected chi connectivity index (χ3v) is 3.22. The van der Waals surface area contributed by atoms with Gasteiger partial charge < -0.3 is 4.74 Å². The van der Waals surface area contributed by atoms with Crippen molar-refractivity contribution in [2.45, 2.75) is 4.90 Å². The lowest BCUT2D eigenvalue weighted by Gasteiger charge is -2.07. The van der Waals surface area contributed by atoms with Crippen LogP contribution in [0.15, 0.2) is 53.4 Å². The SMILES string of the molecule is COc1ccc(SNNC(=O)c2ccccc2F)cc1. The zero-order valence-electron chi connectivity index (χ0n) is 10.7. The van der Waals surface area contributed by atoms with Crippen molar-refractivity contribution in [2.75, 3.05) is 7.11 Å². The minimum Gasteiger partial charge on any atom is -0.497 e. The van der Waals surface area contributed by atoms with Gasteiger partial charge in [0.2, 0.25) is 0 Å². The summed E-state index contributed by atoms with van der Waals surface area (Å²) in [4.78, 5) is 15.3. The zero-order valence-corrected chi connectivity index (χ0v) is 11.5.